The largest absolute Gasteiger partial charge is 0.454 e. The molecule has 18 heavy (non-hydrogen) atoms. The molecule has 5 nitrogen and oxygen atoms in total. The van der Waals surface area contributed by atoms with Crippen molar-refractivity contribution in [1.82, 2.24) is 9.55 Å². The molecule has 0 spiro atoms. The lowest BCUT2D eigenvalue weighted by atomic mass is 10.3. The number of nitrogens with zero attached hydrogens (tertiary/aromatic N) is 2. The Bertz CT molecular complexity index is 597. The van der Waals surface area contributed by atoms with Gasteiger partial charge in [0.2, 0.25) is 6.79 Å². The molecule has 0 radical (unpaired) electrons. The van der Waals surface area contributed by atoms with E-state index >= 15 is 0 Å². The lowest BCUT2D eigenvalue weighted by Gasteiger charge is -2.07. The van der Waals surface area contributed by atoms with Gasteiger partial charge in [-0.1, -0.05) is 18.7 Å². The fourth-order valence-corrected chi connectivity index (χ4v) is 2.76. The lowest BCUT2D eigenvalue weighted by Crippen LogP contribution is -2.13. The quantitative estimate of drug-likeness (QED) is 0.856. The van der Waals surface area contributed by atoms with Crippen LogP contribution in [0, 0.1) is 0 Å². The molecule has 0 amide bonds. The standard InChI is InChI=1S/C12H15N3O2S/c1-7(5-13)18-12-14-8-3-10-11(17-6-16-10)4-9(8)15(12)2/h3-4,7H,5-6,13H2,1-2H3. The van der Waals surface area contributed by atoms with Gasteiger partial charge in [-0.2, -0.15) is 0 Å². The van der Waals surface area contributed by atoms with Crippen LogP contribution < -0.4 is 15.2 Å². The summed E-state index contributed by atoms with van der Waals surface area (Å²) in [5.41, 5.74) is 7.62. The van der Waals surface area contributed by atoms with Crippen molar-refractivity contribution in [3.63, 3.8) is 0 Å². The van der Waals surface area contributed by atoms with Crippen LogP contribution >= 0.6 is 11.8 Å². The average molecular weight is 265 g/mol. The normalized spacial score (nSPS) is 15.3. The summed E-state index contributed by atoms with van der Waals surface area (Å²) in [5, 5.41) is 1.31. The number of ether oxygens (including phenoxy) is 2. The molecule has 1 unspecified atom stereocenters. The van der Waals surface area contributed by atoms with Crippen LogP contribution in [0.25, 0.3) is 11.0 Å². The summed E-state index contributed by atoms with van der Waals surface area (Å²) < 4.78 is 12.8. The molecule has 1 atom stereocenters. The summed E-state index contributed by atoms with van der Waals surface area (Å²) in [6, 6.07) is 3.90. The first-order chi connectivity index (χ1) is 8.69. The van der Waals surface area contributed by atoms with Gasteiger partial charge in [0.1, 0.15) is 0 Å². The van der Waals surface area contributed by atoms with Gasteiger partial charge in [0.05, 0.1) is 11.0 Å². The van der Waals surface area contributed by atoms with Gasteiger partial charge in [0.25, 0.3) is 0 Å². The minimum absolute atomic E-state index is 0.289. The van der Waals surface area contributed by atoms with Crippen LogP contribution in [-0.2, 0) is 7.05 Å². The van der Waals surface area contributed by atoms with Crippen LogP contribution in [-0.4, -0.2) is 28.1 Å². The summed E-state index contributed by atoms with van der Waals surface area (Å²) >= 11 is 1.68. The van der Waals surface area contributed by atoms with Crippen LogP contribution in [0.2, 0.25) is 0 Å². The number of fused-ring (bicyclic) bond motifs is 2. The molecule has 0 saturated carbocycles. The molecule has 2 aromatic rings. The number of aryl methyl sites for hydroxylation is 1. The van der Waals surface area contributed by atoms with E-state index in [4.69, 9.17) is 15.2 Å². The Morgan fingerprint density at radius 2 is 2.17 bits per heavy atom. The van der Waals surface area contributed by atoms with Crippen molar-refractivity contribution in [3.8, 4) is 11.5 Å². The molecule has 2 N–H and O–H groups in total. The van der Waals surface area contributed by atoms with Crippen LogP contribution in [0.4, 0.5) is 0 Å². The number of hydrogen-bond donors (Lipinski definition) is 1. The highest BCUT2D eigenvalue weighted by atomic mass is 32.2. The molecule has 1 aliphatic rings. The van der Waals surface area contributed by atoms with Crippen molar-refractivity contribution in [2.24, 2.45) is 12.8 Å². The monoisotopic (exact) mass is 265 g/mol. The predicted molar refractivity (Wildman–Crippen MR) is 71.2 cm³/mol. The van der Waals surface area contributed by atoms with E-state index in [0.29, 0.717) is 11.8 Å². The topological polar surface area (TPSA) is 62.3 Å². The Morgan fingerprint density at radius 3 is 2.89 bits per heavy atom. The van der Waals surface area contributed by atoms with E-state index in [-0.39, 0.29) is 6.79 Å². The Labute approximate surface area is 109 Å². The molecule has 96 valence electrons. The maximum Gasteiger partial charge on any atom is 0.231 e. The minimum atomic E-state index is 0.289. The highest BCUT2D eigenvalue weighted by Crippen LogP contribution is 2.37. The number of benzene rings is 1. The van der Waals surface area contributed by atoms with E-state index in [0.717, 1.165) is 27.7 Å². The van der Waals surface area contributed by atoms with Gasteiger partial charge in [0, 0.05) is 31.0 Å². The molecular weight excluding hydrogens is 250 g/mol. The van der Waals surface area contributed by atoms with E-state index < -0.39 is 0 Å². The molecular formula is C12H15N3O2S. The Balaban J connectivity index is 2.05. The second-order valence-electron chi connectivity index (χ2n) is 4.31. The van der Waals surface area contributed by atoms with Gasteiger partial charge in [-0.25, -0.2) is 4.98 Å². The Morgan fingerprint density at radius 1 is 1.44 bits per heavy atom. The smallest absolute Gasteiger partial charge is 0.231 e. The summed E-state index contributed by atoms with van der Waals surface area (Å²) in [6.45, 7) is 3.02. The molecule has 0 fully saturated rings. The first kappa shape index (κ1) is 11.7. The van der Waals surface area contributed by atoms with Crippen LogP contribution in [0.15, 0.2) is 17.3 Å². The zero-order valence-electron chi connectivity index (χ0n) is 10.3. The summed E-state index contributed by atoms with van der Waals surface area (Å²) in [5.74, 6) is 1.55. The van der Waals surface area contributed by atoms with E-state index in [1.165, 1.54) is 0 Å². The fraction of sp³-hybridized carbons (Fsp3) is 0.417. The van der Waals surface area contributed by atoms with Gasteiger partial charge in [-0.3, -0.25) is 0 Å². The third kappa shape index (κ3) is 1.81. The predicted octanol–water partition coefficient (Wildman–Crippen LogP) is 1.74. The van der Waals surface area contributed by atoms with Gasteiger partial charge in [-0.15, -0.1) is 0 Å². The minimum Gasteiger partial charge on any atom is -0.454 e. The van der Waals surface area contributed by atoms with Crippen molar-refractivity contribution in [2.75, 3.05) is 13.3 Å². The molecule has 1 aromatic carbocycles. The SMILES string of the molecule is CC(CN)Sc1nc2cc3c(cc2n1C)OCO3. The second kappa shape index (κ2) is 4.37. The molecule has 3 rings (SSSR count). The first-order valence-electron chi connectivity index (χ1n) is 5.82. The van der Waals surface area contributed by atoms with E-state index in [1.54, 1.807) is 11.8 Å². The van der Waals surface area contributed by atoms with Crippen LogP contribution in [0.3, 0.4) is 0 Å². The number of hydrogen-bond acceptors (Lipinski definition) is 5. The zero-order valence-corrected chi connectivity index (χ0v) is 11.2. The zero-order chi connectivity index (χ0) is 12.7. The third-order valence-electron chi connectivity index (χ3n) is 2.97. The van der Waals surface area contributed by atoms with Crippen LogP contribution in [0.1, 0.15) is 6.92 Å². The summed E-state index contributed by atoms with van der Waals surface area (Å²) in [7, 11) is 2.00. The number of nitrogens with two attached hydrogens (primary N) is 1. The number of imidazole rings is 1. The number of aromatic nitrogens is 2. The van der Waals surface area contributed by atoms with Crippen LogP contribution in [0.5, 0.6) is 11.5 Å². The maximum atomic E-state index is 5.65. The molecule has 6 heteroatoms. The first-order valence-corrected chi connectivity index (χ1v) is 6.70. The van der Waals surface area contributed by atoms with Crippen molar-refractivity contribution < 1.29 is 9.47 Å². The third-order valence-corrected chi connectivity index (χ3v) is 4.14. The van der Waals surface area contributed by atoms with Gasteiger partial charge >= 0.3 is 0 Å². The summed E-state index contributed by atoms with van der Waals surface area (Å²) in [4.78, 5) is 4.61. The summed E-state index contributed by atoms with van der Waals surface area (Å²) in [6.07, 6.45) is 0. The molecule has 1 aliphatic heterocycles. The van der Waals surface area contributed by atoms with E-state index in [1.807, 2.05) is 19.2 Å². The van der Waals surface area contributed by atoms with Gasteiger partial charge in [-0.05, 0) is 0 Å². The van der Waals surface area contributed by atoms with Crippen molar-refractivity contribution >= 4 is 22.8 Å². The average Bonchev–Trinajstić information content (AvgIpc) is 2.93. The Kier molecular flexibility index (Phi) is 2.83. The van der Waals surface area contributed by atoms with Crippen molar-refractivity contribution in [1.29, 1.82) is 0 Å². The number of thioether (sulfide) groups is 1. The second-order valence-corrected chi connectivity index (χ2v) is 5.72. The maximum absolute atomic E-state index is 5.65. The molecule has 0 bridgehead atoms. The van der Waals surface area contributed by atoms with Crippen molar-refractivity contribution in [2.45, 2.75) is 17.3 Å². The van der Waals surface area contributed by atoms with Crippen molar-refractivity contribution in [3.05, 3.63) is 12.1 Å². The van der Waals surface area contributed by atoms with Gasteiger partial charge in [0.15, 0.2) is 16.7 Å². The molecule has 1 aromatic heterocycles. The molecule has 0 saturated heterocycles. The number of rotatable bonds is 3. The van der Waals surface area contributed by atoms with Gasteiger partial charge < -0.3 is 19.8 Å². The van der Waals surface area contributed by atoms with E-state index in [9.17, 15) is 0 Å². The highest BCUT2D eigenvalue weighted by molar-refractivity contribution is 7.99. The fourth-order valence-electron chi connectivity index (χ4n) is 1.89. The Hall–Kier alpha value is -1.40. The van der Waals surface area contributed by atoms with E-state index in [2.05, 4.69) is 16.5 Å². The molecule has 0 aliphatic carbocycles. The molecule has 2 heterocycles. The highest BCUT2D eigenvalue weighted by Gasteiger charge is 2.18. The lowest BCUT2D eigenvalue weighted by molar-refractivity contribution is 0.174.